The van der Waals surface area contributed by atoms with E-state index in [0.29, 0.717) is 16.7 Å². The van der Waals surface area contributed by atoms with Crippen LogP contribution in [0.4, 0.5) is 0 Å². The van der Waals surface area contributed by atoms with E-state index in [0.717, 1.165) is 0 Å². The van der Waals surface area contributed by atoms with Crippen LogP contribution in [0.2, 0.25) is 0 Å². The fraction of sp³-hybridized carbons (Fsp3) is 0.235. The number of hydrogen-bond acceptors (Lipinski definition) is 5. The van der Waals surface area contributed by atoms with Gasteiger partial charge in [0.1, 0.15) is 5.54 Å². The summed E-state index contributed by atoms with van der Waals surface area (Å²) in [5.41, 5.74) is 0.0721. The average Bonchev–Trinajstić information content (AvgIpc) is 2.86. The number of carbonyl (C=O) groups excluding carboxylic acids is 1. The molecule has 3 N–H and O–H groups in total. The highest BCUT2D eigenvalue weighted by Crippen LogP contribution is 2.27. The van der Waals surface area contributed by atoms with Gasteiger partial charge in [-0.1, -0.05) is 18.2 Å². The van der Waals surface area contributed by atoms with Gasteiger partial charge in [0.15, 0.2) is 6.35 Å². The van der Waals surface area contributed by atoms with Crippen LogP contribution in [0.5, 0.6) is 0 Å². The molecule has 24 heavy (non-hydrogen) atoms. The molecule has 0 radical (unpaired) electrons. The summed E-state index contributed by atoms with van der Waals surface area (Å²) in [6, 6.07) is 11.9. The average molecular weight is 324 g/mol. The Kier molecular flexibility index (Phi) is 3.93. The molecule has 1 aliphatic heterocycles. The molecule has 0 bridgehead atoms. The maximum absolute atomic E-state index is 12.5. The Morgan fingerprint density at radius 2 is 2.00 bits per heavy atom. The van der Waals surface area contributed by atoms with Gasteiger partial charge in [0, 0.05) is 11.8 Å². The lowest BCUT2D eigenvalue weighted by atomic mass is 9.89. The molecule has 1 amide bonds. The van der Waals surface area contributed by atoms with Gasteiger partial charge < -0.3 is 15.0 Å². The molecule has 122 valence electrons. The Morgan fingerprint density at radius 3 is 2.58 bits per heavy atom. The Labute approximate surface area is 138 Å². The Hall–Kier alpha value is -2.95. The highest BCUT2D eigenvalue weighted by molar-refractivity contribution is 5.89. The number of amides is 1. The fourth-order valence-electron chi connectivity index (χ4n) is 2.87. The standard InChI is InChI=1S/C17H16N4O3/c1-11-3-2-8-21(14(11)22)10-17(15(23)19-16(24)20-17)13-6-4-12(9-18)5-7-13/h2-8,16,20,24H,10H2,1H3,(H,19,23). The van der Waals surface area contributed by atoms with E-state index in [9.17, 15) is 14.7 Å². The lowest BCUT2D eigenvalue weighted by molar-refractivity contribution is -0.125. The van der Waals surface area contributed by atoms with Crippen molar-refractivity contribution in [3.63, 3.8) is 0 Å². The predicted molar refractivity (Wildman–Crippen MR) is 85.6 cm³/mol. The highest BCUT2D eigenvalue weighted by Gasteiger charge is 2.48. The van der Waals surface area contributed by atoms with Crippen molar-refractivity contribution in [3.8, 4) is 6.07 Å². The lowest BCUT2D eigenvalue weighted by Gasteiger charge is -2.28. The Balaban J connectivity index is 2.10. The number of nitrogens with zero attached hydrogens (tertiary/aromatic N) is 2. The van der Waals surface area contributed by atoms with E-state index < -0.39 is 17.8 Å². The number of aromatic nitrogens is 1. The minimum Gasteiger partial charge on any atom is -0.361 e. The van der Waals surface area contributed by atoms with Crippen LogP contribution in [0.15, 0.2) is 47.4 Å². The van der Waals surface area contributed by atoms with E-state index in [2.05, 4.69) is 10.6 Å². The second kappa shape index (κ2) is 5.92. The summed E-state index contributed by atoms with van der Waals surface area (Å²) in [5, 5.41) is 24.0. The molecule has 2 atom stereocenters. The molecule has 1 fully saturated rings. The van der Waals surface area contributed by atoms with E-state index in [1.807, 2.05) is 6.07 Å². The summed E-state index contributed by atoms with van der Waals surface area (Å²) in [7, 11) is 0. The van der Waals surface area contributed by atoms with Gasteiger partial charge in [-0.05, 0) is 30.7 Å². The van der Waals surface area contributed by atoms with Gasteiger partial charge in [-0.2, -0.15) is 5.26 Å². The van der Waals surface area contributed by atoms with Crippen LogP contribution in [0.1, 0.15) is 16.7 Å². The summed E-state index contributed by atoms with van der Waals surface area (Å²) < 4.78 is 1.43. The molecule has 1 aromatic heterocycles. The summed E-state index contributed by atoms with van der Waals surface area (Å²) in [6.07, 6.45) is 0.383. The van der Waals surface area contributed by atoms with E-state index >= 15 is 0 Å². The first-order valence-electron chi connectivity index (χ1n) is 7.40. The molecule has 0 spiro atoms. The normalized spacial score (nSPS) is 22.9. The van der Waals surface area contributed by atoms with Gasteiger partial charge in [0.25, 0.3) is 5.56 Å². The molecule has 3 rings (SSSR count). The van der Waals surface area contributed by atoms with Gasteiger partial charge in [-0.15, -0.1) is 0 Å². The molecular formula is C17H16N4O3. The number of nitriles is 1. The number of aliphatic hydroxyl groups is 1. The van der Waals surface area contributed by atoms with Gasteiger partial charge in [0.2, 0.25) is 5.91 Å². The Bertz CT molecular complexity index is 882. The van der Waals surface area contributed by atoms with E-state index in [1.165, 1.54) is 4.57 Å². The second-order valence-corrected chi connectivity index (χ2v) is 5.74. The van der Waals surface area contributed by atoms with Crippen molar-refractivity contribution in [1.82, 2.24) is 15.2 Å². The SMILES string of the molecule is Cc1cccn(CC2(c3ccc(C#N)cc3)NC(O)NC2=O)c1=O. The molecule has 2 aromatic rings. The second-order valence-electron chi connectivity index (χ2n) is 5.74. The molecule has 1 aliphatic rings. The van der Waals surface area contributed by atoms with Gasteiger partial charge in [-0.3, -0.25) is 14.9 Å². The predicted octanol–water partition coefficient (Wildman–Crippen LogP) is -0.0808. The number of rotatable bonds is 3. The quantitative estimate of drug-likeness (QED) is 0.732. The van der Waals surface area contributed by atoms with Crippen LogP contribution in [-0.4, -0.2) is 21.9 Å². The number of aryl methyl sites for hydroxylation is 1. The van der Waals surface area contributed by atoms with Crippen molar-refractivity contribution in [2.45, 2.75) is 25.4 Å². The van der Waals surface area contributed by atoms with Gasteiger partial charge in [0.05, 0.1) is 18.2 Å². The maximum Gasteiger partial charge on any atom is 0.253 e. The van der Waals surface area contributed by atoms with Crippen molar-refractivity contribution in [3.05, 3.63) is 69.6 Å². The van der Waals surface area contributed by atoms with Crippen LogP contribution in [-0.2, 0) is 16.9 Å². The summed E-state index contributed by atoms with van der Waals surface area (Å²) in [4.78, 5) is 24.9. The topological polar surface area (TPSA) is 107 Å². The number of nitrogens with one attached hydrogen (secondary N) is 2. The monoisotopic (exact) mass is 324 g/mol. The maximum atomic E-state index is 12.5. The van der Waals surface area contributed by atoms with Crippen LogP contribution >= 0.6 is 0 Å². The third-order valence-electron chi connectivity index (χ3n) is 4.16. The molecule has 7 heteroatoms. The summed E-state index contributed by atoms with van der Waals surface area (Å²) in [6.45, 7) is 1.71. The third-order valence-corrected chi connectivity index (χ3v) is 4.16. The van der Waals surface area contributed by atoms with E-state index in [4.69, 9.17) is 5.26 Å². The van der Waals surface area contributed by atoms with Crippen molar-refractivity contribution in [2.24, 2.45) is 0 Å². The van der Waals surface area contributed by atoms with E-state index in [1.54, 1.807) is 49.5 Å². The zero-order chi connectivity index (χ0) is 17.3. The molecule has 0 saturated carbocycles. The largest absolute Gasteiger partial charge is 0.361 e. The zero-order valence-electron chi connectivity index (χ0n) is 13.0. The Morgan fingerprint density at radius 1 is 1.29 bits per heavy atom. The zero-order valence-corrected chi connectivity index (χ0v) is 13.0. The number of benzene rings is 1. The van der Waals surface area contributed by atoms with Crippen molar-refractivity contribution in [2.75, 3.05) is 0 Å². The van der Waals surface area contributed by atoms with Crippen LogP contribution in [0.3, 0.4) is 0 Å². The first-order valence-corrected chi connectivity index (χ1v) is 7.40. The molecule has 7 nitrogen and oxygen atoms in total. The first kappa shape index (κ1) is 15.9. The third kappa shape index (κ3) is 2.58. The lowest BCUT2D eigenvalue weighted by Crippen LogP contribution is -2.49. The molecule has 2 heterocycles. The number of carbonyl (C=O) groups is 1. The van der Waals surface area contributed by atoms with Gasteiger partial charge in [-0.25, -0.2) is 0 Å². The first-order chi connectivity index (χ1) is 11.5. The van der Waals surface area contributed by atoms with E-state index in [-0.39, 0.29) is 12.1 Å². The summed E-state index contributed by atoms with van der Waals surface area (Å²) >= 11 is 0. The van der Waals surface area contributed by atoms with Crippen molar-refractivity contribution < 1.29 is 9.90 Å². The minimum absolute atomic E-state index is 0.0162. The smallest absolute Gasteiger partial charge is 0.253 e. The molecular weight excluding hydrogens is 308 g/mol. The van der Waals surface area contributed by atoms with Crippen LogP contribution in [0, 0.1) is 18.3 Å². The number of hydrogen-bond donors (Lipinski definition) is 3. The van der Waals surface area contributed by atoms with Gasteiger partial charge >= 0.3 is 0 Å². The fourth-order valence-corrected chi connectivity index (χ4v) is 2.87. The van der Waals surface area contributed by atoms with Crippen LogP contribution < -0.4 is 16.2 Å². The van der Waals surface area contributed by atoms with Crippen LogP contribution in [0.25, 0.3) is 0 Å². The highest BCUT2D eigenvalue weighted by atomic mass is 16.3. The summed E-state index contributed by atoms with van der Waals surface area (Å²) in [5.74, 6) is -0.437. The molecule has 0 aliphatic carbocycles. The number of aliphatic hydroxyl groups excluding tert-OH is 1. The molecule has 1 saturated heterocycles. The molecule has 2 unspecified atom stereocenters. The van der Waals surface area contributed by atoms with Crippen molar-refractivity contribution in [1.29, 1.82) is 5.26 Å². The minimum atomic E-state index is -1.30. The van der Waals surface area contributed by atoms with Crippen molar-refractivity contribution >= 4 is 5.91 Å². The molecule has 1 aromatic carbocycles. The number of pyridine rings is 1.